The van der Waals surface area contributed by atoms with E-state index in [9.17, 15) is 9.59 Å². The highest BCUT2D eigenvalue weighted by Gasteiger charge is 2.26. The number of nitrogens with zero attached hydrogens (tertiary/aromatic N) is 3. The largest absolute Gasteiger partial charge is 0.454 e. The van der Waals surface area contributed by atoms with Crippen LogP contribution in [-0.4, -0.2) is 37.4 Å². The molecule has 0 spiro atoms. The van der Waals surface area contributed by atoms with Crippen LogP contribution in [0.25, 0.3) is 5.70 Å². The van der Waals surface area contributed by atoms with Gasteiger partial charge in [-0.05, 0) is 60.7 Å². The van der Waals surface area contributed by atoms with Gasteiger partial charge in [0, 0.05) is 50.4 Å². The number of pyridine rings is 1. The molecule has 1 aliphatic heterocycles. The summed E-state index contributed by atoms with van der Waals surface area (Å²) in [4.78, 5) is 26.5. The Hall–Kier alpha value is -4.37. The van der Waals surface area contributed by atoms with Crippen molar-refractivity contribution in [1.29, 1.82) is 0 Å². The van der Waals surface area contributed by atoms with Crippen LogP contribution in [0.3, 0.4) is 0 Å². The van der Waals surface area contributed by atoms with Crippen molar-refractivity contribution in [1.82, 2.24) is 10.3 Å². The van der Waals surface area contributed by atoms with Gasteiger partial charge in [0.25, 0.3) is 5.91 Å². The van der Waals surface area contributed by atoms with Gasteiger partial charge in [-0.15, -0.1) is 0 Å². The van der Waals surface area contributed by atoms with Gasteiger partial charge in [-0.25, -0.2) is 5.01 Å². The van der Waals surface area contributed by atoms with Crippen LogP contribution >= 0.6 is 11.6 Å². The van der Waals surface area contributed by atoms with Crippen LogP contribution in [0.1, 0.15) is 48.2 Å². The molecule has 2 N–H and O–H groups in total. The number of carbonyl (C=O) groups is 2. The number of rotatable bonds is 6. The first-order valence-corrected chi connectivity index (χ1v) is 12.8. The number of ether oxygens (including phenoxy) is 2. The highest BCUT2D eigenvalue weighted by atomic mass is 35.5. The topological polar surface area (TPSA) is 105 Å². The lowest BCUT2D eigenvalue weighted by Crippen LogP contribution is -2.21. The summed E-state index contributed by atoms with van der Waals surface area (Å²) in [6, 6.07) is 13.3. The quantitative estimate of drug-likeness (QED) is 0.305. The minimum absolute atomic E-state index is 0.00463. The molecule has 39 heavy (non-hydrogen) atoms. The number of amides is 2. The Kier molecular flexibility index (Phi) is 8.83. The molecule has 10 heteroatoms. The fourth-order valence-electron chi connectivity index (χ4n) is 4.35. The summed E-state index contributed by atoms with van der Waals surface area (Å²) in [6.07, 6.45) is 5.71. The number of allylic oxidation sites excluding steroid dienone is 1. The van der Waals surface area contributed by atoms with Crippen LogP contribution in [0.4, 0.5) is 11.4 Å². The van der Waals surface area contributed by atoms with Gasteiger partial charge < -0.3 is 20.1 Å². The van der Waals surface area contributed by atoms with E-state index in [0.717, 1.165) is 36.2 Å². The molecule has 1 aliphatic carbocycles. The maximum absolute atomic E-state index is 12.8. The van der Waals surface area contributed by atoms with Crippen LogP contribution in [-0.2, 0) is 11.2 Å². The number of anilines is 2. The second-order valence-corrected chi connectivity index (χ2v) is 9.19. The normalized spacial score (nSPS) is 13.0. The Balaban J connectivity index is 0.000000648. The van der Waals surface area contributed by atoms with Crippen molar-refractivity contribution in [3.05, 3.63) is 82.1 Å². The number of benzene rings is 2. The number of carbonyl (C=O) groups excluding carboxylic acids is 2. The molecule has 3 aromatic rings. The van der Waals surface area contributed by atoms with E-state index in [-0.39, 0.29) is 18.6 Å². The summed E-state index contributed by atoms with van der Waals surface area (Å²) in [5, 5.41) is 11.9. The molecule has 9 nitrogen and oxygen atoms in total. The molecule has 1 aromatic heterocycles. The van der Waals surface area contributed by atoms with Gasteiger partial charge in [0.15, 0.2) is 11.5 Å². The van der Waals surface area contributed by atoms with E-state index >= 15 is 0 Å². The molecule has 2 amide bonds. The molecule has 0 radical (unpaired) electrons. The first-order chi connectivity index (χ1) is 18.9. The van der Waals surface area contributed by atoms with Crippen LogP contribution in [0.15, 0.2) is 65.5 Å². The van der Waals surface area contributed by atoms with Crippen molar-refractivity contribution in [3.63, 3.8) is 0 Å². The van der Waals surface area contributed by atoms with E-state index in [2.05, 4.69) is 34.4 Å². The number of halogens is 1. The van der Waals surface area contributed by atoms with E-state index in [4.69, 9.17) is 21.1 Å². The SMILES string of the molecule is C=NN(C1=C(CC)CCc2ccc(NC(=O)c3ccncc3Cl)cc21)c1ccc2c(c1)OCO2.CNC(C)=O. The van der Waals surface area contributed by atoms with E-state index < -0.39 is 0 Å². The summed E-state index contributed by atoms with van der Waals surface area (Å²) in [5.74, 6) is 1.10. The van der Waals surface area contributed by atoms with Crippen LogP contribution < -0.4 is 25.1 Å². The standard InChI is InChI=1S/C26H23ClN4O3.C3H7NO/c1-3-16-4-5-17-6-7-18(30-26(32)20-10-11-29-14-22(20)27)12-21(17)25(16)31(28-2)19-8-9-23-24(13-19)34-15-33-23;1-3(5)4-2/h6-14H,2-5,15H2,1H3,(H,30,32);1-2H3,(H,4,5). The van der Waals surface area contributed by atoms with E-state index in [1.54, 1.807) is 19.3 Å². The first-order valence-electron chi connectivity index (χ1n) is 12.5. The van der Waals surface area contributed by atoms with Crippen LogP contribution in [0.2, 0.25) is 5.02 Å². The van der Waals surface area contributed by atoms with Crippen molar-refractivity contribution in [3.8, 4) is 11.5 Å². The zero-order valence-corrected chi connectivity index (χ0v) is 22.8. The zero-order valence-electron chi connectivity index (χ0n) is 22.1. The van der Waals surface area contributed by atoms with Gasteiger partial charge >= 0.3 is 0 Å². The monoisotopic (exact) mass is 547 g/mol. The lowest BCUT2D eigenvalue weighted by atomic mass is 9.87. The third-order valence-corrected chi connectivity index (χ3v) is 6.70. The Morgan fingerprint density at radius 3 is 2.59 bits per heavy atom. The molecule has 0 saturated carbocycles. The van der Waals surface area contributed by atoms with Gasteiger partial charge in [-0.3, -0.25) is 14.6 Å². The molecule has 0 unspecified atom stereocenters. The third-order valence-electron chi connectivity index (χ3n) is 6.40. The number of hydrazone groups is 1. The lowest BCUT2D eigenvalue weighted by Gasteiger charge is -2.30. The van der Waals surface area contributed by atoms with Crippen molar-refractivity contribution in [2.24, 2.45) is 5.10 Å². The summed E-state index contributed by atoms with van der Waals surface area (Å²) in [5.41, 5.74) is 6.28. The van der Waals surface area contributed by atoms with Crippen molar-refractivity contribution >= 4 is 47.2 Å². The maximum Gasteiger partial charge on any atom is 0.257 e. The Morgan fingerprint density at radius 1 is 1.13 bits per heavy atom. The number of aryl methyl sites for hydroxylation is 1. The molecular weight excluding hydrogens is 518 g/mol. The predicted molar refractivity (Wildman–Crippen MR) is 154 cm³/mol. The number of aromatic nitrogens is 1. The minimum atomic E-state index is -0.293. The zero-order chi connectivity index (χ0) is 27.9. The minimum Gasteiger partial charge on any atom is -0.454 e. The summed E-state index contributed by atoms with van der Waals surface area (Å²) in [7, 11) is 1.60. The van der Waals surface area contributed by atoms with Crippen molar-refractivity contribution in [2.45, 2.75) is 33.1 Å². The van der Waals surface area contributed by atoms with Crippen LogP contribution in [0.5, 0.6) is 11.5 Å². The first kappa shape index (κ1) is 27.7. The highest BCUT2D eigenvalue weighted by Crippen LogP contribution is 2.42. The molecule has 0 fully saturated rings. The fraction of sp³-hybridized carbons (Fsp3) is 0.241. The summed E-state index contributed by atoms with van der Waals surface area (Å²) >= 11 is 6.15. The van der Waals surface area contributed by atoms with E-state index in [1.165, 1.54) is 24.3 Å². The second kappa shape index (κ2) is 12.4. The number of fused-ring (bicyclic) bond motifs is 2. The van der Waals surface area contributed by atoms with Gasteiger partial charge in [0.05, 0.1) is 22.0 Å². The average Bonchev–Trinajstić information content (AvgIpc) is 3.42. The molecule has 2 heterocycles. The number of hydrogen-bond acceptors (Lipinski definition) is 7. The Bertz CT molecular complexity index is 1440. The lowest BCUT2D eigenvalue weighted by molar-refractivity contribution is -0.118. The molecule has 2 aliphatic rings. The Morgan fingerprint density at radius 2 is 1.90 bits per heavy atom. The summed E-state index contributed by atoms with van der Waals surface area (Å²) < 4.78 is 11.0. The van der Waals surface area contributed by atoms with Gasteiger partial charge in [-0.2, -0.15) is 5.10 Å². The molecule has 202 valence electrons. The smallest absolute Gasteiger partial charge is 0.257 e. The van der Waals surface area contributed by atoms with Gasteiger partial charge in [0.1, 0.15) is 0 Å². The number of nitrogens with one attached hydrogen (secondary N) is 2. The second-order valence-electron chi connectivity index (χ2n) is 8.78. The predicted octanol–water partition coefficient (Wildman–Crippen LogP) is 5.66. The van der Waals surface area contributed by atoms with E-state index in [0.29, 0.717) is 27.8 Å². The van der Waals surface area contributed by atoms with E-state index in [1.807, 2.05) is 41.4 Å². The molecule has 5 rings (SSSR count). The molecule has 2 aromatic carbocycles. The third kappa shape index (κ3) is 6.21. The number of hydrogen-bond donors (Lipinski definition) is 2. The maximum atomic E-state index is 12.8. The Labute approximate surface area is 232 Å². The molecule has 0 atom stereocenters. The van der Waals surface area contributed by atoms with Crippen molar-refractivity contribution < 1.29 is 19.1 Å². The highest BCUT2D eigenvalue weighted by molar-refractivity contribution is 6.34. The van der Waals surface area contributed by atoms with Gasteiger partial charge in [0.2, 0.25) is 12.7 Å². The van der Waals surface area contributed by atoms with Gasteiger partial charge in [-0.1, -0.05) is 24.6 Å². The van der Waals surface area contributed by atoms with Crippen molar-refractivity contribution in [2.75, 3.05) is 24.2 Å². The molecule has 0 saturated heterocycles. The fourth-order valence-corrected chi connectivity index (χ4v) is 4.56. The van der Waals surface area contributed by atoms with Crippen LogP contribution in [0, 0.1) is 0 Å². The average molecular weight is 548 g/mol. The molecular formula is C29H30ClN5O4. The summed E-state index contributed by atoms with van der Waals surface area (Å²) in [6.45, 7) is 7.66. The molecule has 0 bridgehead atoms.